The topological polar surface area (TPSA) is 74.7 Å². The lowest BCUT2D eigenvalue weighted by atomic mass is 10.0. The molecule has 21 heavy (non-hydrogen) atoms. The van der Waals surface area contributed by atoms with Gasteiger partial charge in [0.15, 0.2) is 0 Å². The van der Waals surface area contributed by atoms with E-state index in [1.807, 2.05) is 0 Å². The number of halogens is 1. The summed E-state index contributed by atoms with van der Waals surface area (Å²) >= 11 is 5.99. The molecule has 1 N–H and O–H groups in total. The first-order valence-electron chi connectivity index (χ1n) is 6.92. The normalized spacial score (nSPS) is 26.0. The fourth-order valence-corrected chi connectivity index (χ4v) is 5.42. The first-order valence-corrected chi connectivity index (χ1v) is 8.74. The molecule has 2 unspecified atom stereocenters. The first-order chi connectivity index (χ1) is 9.89. The zero-order chi connectivity index (χ0) is 15.2. The van der Waals surface area contributed by atoms with Crippen molar-refractivity contribution in [3.63, 3.8) is 0 Å². The number of aromatic carboxylic acids is 1. The van der Waals surface area contributed by atoms with Gasteiger partial charge in [0, 0.05) is 13.1 Å². The molecule has 0 aromatic heterocycles. The zero-order valence-corrected chi connectivity index (χ0v) is 12.9. The first kappa shape index (κ1) is 14.8. The van der Waals surface area contributed by atoms with E-state index < -0.39 is 16.0 Å². The van der Waals surface area contributed by atoms with Crippen LogP contribution < -0.4 is 0 Å². The van der Waals surface area contributed by atoms with Crippen molar-refractivity contribution in [2.24, 2.45) is 11.8 Å². The Kier molecular flexibility index (Phi) is 3.71. The lowest BCUT2D eigenvalue weighted by molar-refractivity contribution is 0.0696. The molecule has 2 fully saturated rings. The molecule has 0 spiro atoms. The van der Waals surface area contributed by atoms with Gasteiger partial charge in [-0.1, -0.05) is 18.0 Å². The SMILES string of the molecule is O=C(O)c1ccc(Cl)c(S(=O)(=O)N2CC3CCCC3C2)c1. The molecule has 3 rings (SSSR count). The predicted molar refractivity (Wildman–Crippen MR) is 78.0 cm³/mol. The molecule has 5 nitrogen and oxygen atoms in total. The van der Waals surface area contributed by atoms with E-state index in [1.54, 1.807) is 0 Å². The van der Waals surface area contributed by atoms with Crippen LogP contribution in [0.15, 0.2) is 23.1 Å². The van der Waals surface area contributed by atoms with E-state index in [4.69, 9.17) is 16.7 Å². The summed E-state index contributed by atoms with van der Waals surface area (Å²) in [7, 11) is -3.73. The minimum absolute atomic E-state index is 0.0667. The molecule has 7 heteroatoms. The van der Waals surface area contributed by atoms with Gasteiger partial charge in [0.25, 0.3) is 0 Å². The predicted octanol–water partition coefficient (Wildman–Crippen LogP) is 2.46. The van der Waals surface area contributed by atoms with Crippen molar-refractivity contribution >= 4 is 27.6 Å². The molecular formula is C14H16ClNO4S. The number of nitrogens with zero attached hydrogens (tertiary/aromatic N) is 1. The molecule has 1 aromatic rings. The molecule has 1 aliphatic heterocycles. The maximum atomic E-state index is 12.7. The average Bonchev–Trinajstić information content (AvgIpc) is 2.99. The summed E-state index contributed by atoms with van der Waals surface area (Å²) in [6.07, 6.45) is 3.30. The second-order valence-corrected chi connectivity index (χ2v) is 8.04. The largest absolute Gasteiger partial charge is 0.478 e. The summed E-state index contributed by atoms with van der Waals surface area (Å²) < 4.78 is 26.9. The molecule has 1 heterocycles. The van der Waals surface area contributed by atoms with Gasteiger partial charge in [-0.15, -0.1) is 0 Å². The molecule has 0 bridgehead atoms. The fraction of sp³-hybridized carbons (Fsp3) is 0.500. The Hall–Kier alpha value is -1.11. The van der Waals surface area contributed by atoms with E-state index >= 15 is 0 Å². The molecule has 1 aliphatic carbocycles. The Morgan fingerprint density at radius 1 is 1.24 bits per heavy atom. The quantitative estimate of drug-likeness (QED) is 0.924. The Bertz CT molecular complexity index is 676. The van der Waals surface area contributed by atoms with Gasteiger partial charge in [0.05, 0.1) is 10.6 Å². The molecule has 0 amide bonds. The van der Waals surface area contributed by atoms with Crippen molar-refractivity contribution in [3.05, 3.63) is 28.8 Å². The van der Waals surface area contributed by atoms with Crippen LogP contribution in [0, 0.1) is 11.8 Å². The highest BCUT2D eigenvalue weighted by Crippen LogP contribution is 2.40. The average molecular weight is 330 g/mol. The molecule has 0 radical (unpaired) electrons. The molecular weight excluding hydrogens is 314 g/mol. The Labute approximate surface area is 128 Å². The van der Waals surface area contributed by atoms with Gasteiger partial charge in [-0.3, -0.25) is 0 Å². The van der Waals surface area contributed by atoms with Crippen LogP contribution >= 0.6 is 11.6 Å². The number of sulfonamides is 1. The number of benzene rings is 1. The van der Waals surface area contributed by atoms with Crippen LogP contribution in [-0.4, -0.2) is 36.9 Å². The summed E-state index contributed by atoms with van der Waals surface area (Å²) in [5.41, 5.74) is -0.0719. The number of fused-ring (bicyclic) bond motifs is 1. The molecule has 1 aromatic carbocycles. The van der Waals surface area contributed by atoms with Crippen molar-refractivity contribution in [1.29, 1.82) is 0 Å². The van der Waals surface area contributed by atoms with Crippen LogP contribution in [-0.2, 0) is 10.0 Å². The lowest BCUT2D eigenvalue weighted by Crippen LogP contribution is -2.30. The van der Waals surface area contributed by atoms with Crippen LogP contribution in [0.5, 0.6) is 0 Å². The maximum Gasteiger partial charge on any atom is 0.335 e. The summed E-state index contributed by atoms with van der Waals surface area (Å²) in [4.78, 5) is 10.9. The Balaban J connectivity index is 1.95. The van der Waals surface area contributed by atoms with E-state index in [0.717, 1.165) is 18.9 Å². The monoisotopic (exact) mass is 329 g/mol. The van der Waals surface area contributed by atoms with Crippen LogP contribution in [0.1, 0.15) is 29.6 Å². The molecule has 1 saturated carbocycles. The van der Waals surface area contributed by atoms with Gasteiger partial charge in [-0.2, -0.15) is 4.31 Å². The van der Waals surface area contributed by atoms with E-state index in [-0.39, 0.29) is 15.5 Å². The second kappa shape index (κ2) is 5.26. The second-order valence-electron chi connectivity index (χ2n) is 5.72. The summed E-state index contributed by atoms with van der Waals surface area (Å²) in [5, 5.41) is 9.08. The van der Waals surface area contributed by atoms with Crippen LogP contribution in [0.2, 0.25) is 5.02 Å². The summed E-state index contributed by atoms with van der Waals surface area (Å²) in [6, 6.07) is 3.78. The van der Waals surface area contributed by atoms with Crippen molar-refractivity contribution in [3.8, 4) is 0 Å². The van der Waals surface area contributed by atoms with Gasteiger partial charge in [-0.05, 0) is 42.9 Å². The van der Waals surface area contributed by atoms with Gasteiger partial charge in [0.1, 0.15) is 4.90 Å². The number of rotatable bonds is 3. The third kappa shape index (κ3) is 2.56. The van der Waals surface area contributed by atoms with Gasteiger partial charge < -0.3 is 5.11 Å². The standard InChI is InChI=1S/C14H16ClNO4S/c15-12-5-4-9(14(17)18)6-13(12)21(19,20)16-7-10-2-1-3-11(10)8-16/h4-6,10-11H,1-3,7-8H2,(H,17,18). The molecule has 1 saturated heterocycles. The van der Waals surface area contributed by atoms with Gasteiger partial charge in [-0.25, -0.2) is 13.2 Å². The highest BCUT2D eigenvalue weighted by atomic mass is 35.5. The van der Waals surface area contributed by atoms with E-state index in [9.17, 15) is 13.2 Å². The van der Waals surface area contributed by atoms with Crippen LogP contribution in [0.25, 0.3) is 0 Å². The Morgan fingerprint density at radius 2 is 1.86 bits per heavy atom. The van der Waals surface area contributed by atoms with Crippen LogP contribution in [0.3, 0.4) is 0 Å². The van der Waals surface area contributed by atoms with Gasteiger partial charge >= 0.3 is 5.97 Å². The number of hydrogen-bond acceptors (Lipinski definition) is 3. The molecule has 2 aliphatic rings. The van der Waals surface area contributed by atoms with E-state index in [2.05, 4.69) is 0 Å². The van der Waals surface area contributed by atoms with Crippen molar-refractivity contribution in [2.75, 3.05) is 13.1 Å². The highest BCUT2D eigenvalue weighted by molar-refractivity contribution is 7.89. The van der Waals surface area contributed by atoms with E-state index in [1.165, 1.54) is 22.9 Å². The van der Waals surface area contributed by atoms with E-state index in [0.29, 0.717) is 24.9 Å². The van der Waals surface area contributed by atoms with Crippen LogP contribution in [0.4, 0.5) is 0 Å². The molecule has 114 valence electrons. The number of hydrogen-bond donors (Lipinski definition) is 1. The van der Waals surface area contributed by atoms with Gasteiger partial charge in [0.2, 0.25) is 10.0 Å². The van der Waals surface area contributed by atoms with Crippen molar-refractivity contribution in [1.82, 2.24) is 4.31 Å². The minimum Gasteiger partial charge on any atom is -0.478 e. The Morgan fingerprint density at radius 3 is 2.43 bits per heavy atom. The smallest absolute Gasteiger partial charge is 0.335 e. The fourth-order valence-electron chi connectivity index (χ4n) is 3.36. The maximum absolute atomic E-state index is 12.7. The van der Waals surface area contributed by atoms with Crippen molar-refractivity contribution < 1.29 is 18.3 Å². The third-order valence-electron chi connectivity index (χ3n) is 4.49. The highest BCUT2D eigenvalue weighted by Gasteiger charge is 2.42. The lowest BCUT2D eigenvalue weighted by Gasteiger charge is -2.18. The summed E-state index contributed by atoms with van der Waals surface area (Å²) in [5.74, 6) is -0.302. The number of carbonyl (C=O) groups is 1. The number of carboxylic acids is 1. The number of carboxylic acid groups (broad SMARTS) is 1. The zero-order valence-electron chi connectivity index (χ0n) is 11.3. The third-order valence-corrected chi connectivity index (χ3v) is 6.80. The molecule has 2 atom stereocenters. The minimum atomic E-state index is -3.73. The summed E-state index contributed by atoms with van der Waals surface area (Å²) in [6.45, 7) is 1.03. The van der Waals surface area contributed by atoms with Crippen molar-refractivity contribution in [2.45, 2.75) is 24.2 Å².